The topological polar surface area (TPSA) is 195 Å². The second-order valence-corrected chi connectivity index (χ2v) is 33.8. The number of benzene rings is 14. The molecule has 0 fully saturated rings. The number of rotatable bonds is 12. The van der Waals surface area contributed by atoms with Crippen molar-refractivity contribution < 1.29 is 35.4 Å². The standard InChI is InChI=1S/C39H27N3.C30H27N3.C26H20N2.3C9H7NO.Ir/c1-7-28(34-13-4-16-40-25-34)19-31(10-1)37-22-38(32-11-2-8-29(20-32)35-14-5-17-41-26-35)24-39(23-37)33-12-3-9-30(21-33)36-15-6-18-42-27-36;1-30(2,3)26-20-18-25(19-21-26)29-32-31-28(33(29)27-12-8-5-9-13-27)24-16-14-23(15-17-24)22-10-6-4-7-11-22;1-17-15-23(19-9-5-3-6-10-19)21-13-14-22-24(20-11-7-4-8-12-20)16-18(2)28-26(22)25(21)27-17;3*11-8-5-1-3-7-4-2-6-10-9(7)8;/h1-27H;4-21H,1-3H3;3-16H,1-2H3;3*1-6,11H;. The van der Waals surface area contributed by atoms with Crippen molar-refractivity contribution in [2.24, 2.45) is 0 Å². The summed E-state index contributed by atoms with van der Waals surface area (Å²) in [5.74, 6) is 2.38. The molecule has 0 aliphatic heterocycles. The van der Waals surface area contributed by atoms with Crippen LogP contribution in [0.1, 0.15) is 37.7 Å². The number of nitrogens with zero attached hydrogens (tertiary/aromatic N) is 11. The summed E-state index contributed by atoms with van der Waals surface area (Å²) >= 11 is 0. The first kappa shape index (κ1) is 91.7. The first-order valence-corrected chi connectivity index (χ1v) is 45.0. The van der Waals surface area contributed by atoms with Crippen molar-refractivity contribution in [3.05, 3.63) is 485 Å². The molecule has 0 spiro atoms. The predicted molar refractivity (Wildman–Crippen MR) is 556 cm³/mol. The number of pyridine rings is 8. The van der Waals surface area contributed by atoms with Crippen LogP contribution < -0.4 is 0 Å². The van der Waals surface area contributed by atoms with E-state index < -0.39 is 0 Å². The molecule has 0 saturated carbocycles. The molecule has 0 aliphatic rings. The Hall–Kier alpha value is -17.2. The van der Waals surface area contributed by atoms with Crippen LogP contribution in [0.2, 0.25) is 0 Å². The van der Waals surface area contributed by atoms with Crippen LogP contribution in [0.15, 0.2) is 468 Å². The van der Waals surface area contributed by atoms with Crippen LogP contribution in [0.4, 0.5) is 0 Å². The summed E-state index contributed by atoms with van der Waals surface area (Å²) < 4.78 is 2.14. The predicted octanol–water partition coefficient (Wildman–Crippen LogP) is 30.0. The summed E-state index contributed by atoms with van der Waals surface area (Å²) in [5.41, 5.74) is 31.3. The minimum absolute atomic E-state index is 0. The summed E-state index contributed by atoms with van der Waals surface area (Å²) in [7, 11) is 0. The van der Waals surface area contributed by atoms with Crippen LogP contribution in [-0.2, 0) is 25.5 Å². The first-order chi connectivity index (χ1) is 66.6. The van der Waals surface area contributed by atoms with Gasteiger partial charge in [-0.05, 0) is 224 Å². The fourth-order valence-corrected chi connectivity index (χ4v) is 16.6. The molecular weight excluding hydrogens is 1860 g/mol. The van der Waals surface area contributed by atoms with Gasteiger partial charge in [0.15, 0.2) is 11.6 Å². The molecule has 9 aromatic heterocycles. The summed E-state index contributed by atoms with van der Waals surface area (Å²) in [4.78, 5) is 34.9. The number of aromatic nitrogens is 11. The van der Waals surface area contributed by atoms with Crippen LogP contribution in [0.25, 0.3) is 183 Å². The number of para-hydroxylation sites is 4. The third-order valence-electron chi connectivity index (χ3n) is 23.5. The van der Waals surface area contributed by atoms with E-state index in [1.807, 2.05) is 146 Å². The summed E-state index contributed by atoms with van der Waals surface area (Å²) in [6, 6.07) is 140. The van der Waals surface area contributed by atoms with E-state index in [2.05, 4.69) is 346 Å². The van der Waals surface area contributed by atoms with Gasteiger partial charge in [-0.3, -0.25) is 44.4 Å². The molecule has 0 aliphatic carbocycles. The SMILES string of the molecule is CC(C)(C)c1ccc(-c2nnc(-c3ccc(-c4ccccc4)cc3)n2-c2ccccc2)cc1.Cc1cc(-c2ccccc2)c2ccc3c(-c4ccccc4)cc(C)nc3c2n1.Oc1cccc2cccnc12.Oc1cccc2cccnc12.Oc1cccc2cccnc12.[Ir].c1cncc(-c2cccc(-c3cc(-c4cccc(-c5cccnc5)c4)cc(-c4cccc(-c5cccnc5)c4)c3)c2)c1. The Balaban J connectivity index is 0.000000122. The Morgan fingerprint density at radius 3 is 0.847 bits per heavy atom. The molecule has 14 nitrogen and oxygen atoms in total. The number of phenolic OH excluding ortho intramolecular Hbond substituents is 3. The van der Waals surface area contributed by atoms with Crippen molar-refractivity contribution in [2.75, 3.05) is 0 Å². The Labute approximate surface area is 809 Å². The van der Waals surface area contributed by atoms with Crippen molar-refractivity contribution in [2.45, 2.75) is 40.0 Å². The number of aromatic hydroxyl groups is 3. The van der Waals surface area contributed by atoms with E-state index in [0.717, 1.165) is 145 Å². The molecule has 1 radical (unpaired) electrons. The van der Waals surface area contributed by atoms with Gasteiger partial charge >= 0.3 is 0 Å². The number of hydrogen-bond acceptors (Lipinski definition) is 13. The van der Waals surface area contributed by atoms with Crippen molar-refractivity contribution >= 4 is 54.5 Å². The maximum Gasteiger partial charge on any atom is 0.168 e. The van der Waals surface area contributed by atoms with Crippen LogP contribution in [-0.4, -0.2) is 70.0 Å². The van der Waals surface area contributed by atoms with E-state index in [4.69, 9.17) is 9.97 Å². The van der Waals surface area contributed by atoms with Crippen molar-refractivity contribution in [3.8, 4) is 146 Å². The van der Waals surface area contributed by atoms with Crippen LogP contribution in [0, 0.1) is 13.8 Å². The van der Waals surface area contributed by atoms with Gasteiger partial charge in [0.05, 0.1) is 11.0 Å². The third-order valence-corrected chi connectivity index (χ3v) is 23.5. The van der Waals surface area contributed by atoms with Gasteiger partial charge in [0.2, 0.25) is 0 Å². The minimum atomic E-state index is 0. The molecule has 665 valence electrons. The molecule has 3 N–H and O–H groups in total. The molecule has 0 amide bonds. The van der Waals surface area contributed by atoms with Gasteiger partial charge in [0.25, 0.3) is 0 Å². The molecule has 23 rings (SSSR count). The molecule has 9 heterocycles. The van der Waals surface area contributed by atoms with Gasteiger partial charge in [-0.25, -0.2) is 0 Å². The van der Waals surface area contributed by atoms with E-state index >= 15 is 0 Å². The van der Waals surface area contributed by atoms with Gasteiger partial charge in [-0.2, -0.15) is 0 Å². The van der Waals surface area contributed by atoms with Crippen molar-refractivity contribution in [3.63, 3.8) is 0 Å². The maximum absolute atomic E-state index is 9.31. The first-order valence-electron chi connectivity index (χ1n) is 45.0. The van der Waals surface area contributed by atoms with Gasteiger partial charge in [-0.15, -0.1) is 10.2 Å². The van der Waals surface area contributed by atoms with Gasteiger partial charge in [0, 0.05) is 148 Å². The van der Waals surface area contributed by atoms with Crippen LogP contribution >= 0.6 is 0 Å². The molecule has 14 aromatic carbocycles. The molecule has 137 heavy (non-hydrogen) atoms. The maximum atomic E-state index is 9.31. The average Bonchev–Trinajstić information content (AvgIpc) is 1.01. The smallest absolute Gasteiger partial charge is 0.168 e. The van der Waals surface area contributed by atoms with Gasteiger partial charge in [-0.1, -0.05) is 318 Å². The van der Waals surface area contributed by atoms with E-state index in [1.165, 1.54) is 38.9 Å². The Kier molecular flexibility index (Phi) is 28.8. The van der Waals surface area contributed by atoms with Gasteiger partial charge in [0.1, 0.15) is 33.8 Å². The van der Waals surface area contributed by atoms with E-state index in [-0.39, 0.29) is 42.8 Å². The summed E-state index contributed by atoms with van der Waals surface area (Å²) in [5, 5.41) is 42.4. The van der Waals surface area contributed by atoms with Crippen molar-refractivity contribution in [1.82, 2.24) is 54.6 Å². The number of hydrogen-bond donors (Lipinski definition) is 3. The quantitative estimate of drug-likeness (QED) is 0.0979. The Bertz CT molecular complexity index is 7500. The Morgan fingerprint density at radius 2 is 0.511 bits per heavy atom. The molecule has 23 aromatic rings. The number of aryl methyl sites for hydroxylation is 2. The minimum Gasteiger partial charge on any atom is -0.506 e. The van der Waals surface area contributed by atoms with Crippen LogP contribution in [0.3, 0.4) is 0 Å². The largest absolute Gasteiger partial charge is 0.506 e. The second kappa shape index (κ2) is 43.0. The molecule has 0 bridgehead atoms. The van der Waals surface area contributed by atoms with Crippen molar-refractivity contribution in [1.29, 1.82) is 0 Å². The summed E-state index contributed by atoms with van der Waals surface area (Å²) in [6.07, 6.45) is 16.2. The second-order valence-electron chi connectivity index (χ2n) is 33.8. The molecule has 15 heteroatoms. The fraction of sp³-hybridized carbons (Fsp3) is 0.0492. The fourth-order valence-electron chi connectivity index (χ4n) is 16.6. The molecule has 0 atom stereocenters. The normalized spacial score (nSPS) is 10.8. The molecule has 0 unspecified atom stereocenters. The van der Waals surface area contributed by atoms with E-state index in [1.54, 1.807) is 55.0 Å². The van der Waals surface area contributed by atoms with E-state index in [0.29, 0.717) is 16.6 Å². The number of fused-ring (bicyclic) bond motifs is 6. The van der Waals surface area contributed by atoms with E-state index in [9.17, 15) is 15.3 Å². The molecule has 0 saturated heterocycles. The monoisotopic (exact) mass is 1950 g/mol. The average molecular weight is 1960 g/mol. The summed E-state index contributed by atoms with van der Waals surface area (Å²) in [6.45, 7) is 10.8. The zero-order chi connectivity index (χ0) is 93.1. The third kappa shape index (κ3) is 21.9. The zero-order valence-corrected chi connectivity index (χ0v) is 78.4. The number of phenols is 3. The zero-order valence-electron chi connectivity index (χ0n) is 76.1. The molecular formula is C122H95IrN11O3. The van der Waals surface area contributed by atoms with Crippen LogP contribution in [0.5, 0.6) is 17.2 Å². The van der Waals surface area contributed by atoms with Gasteiger partial charge < -0.3 is 15.3 Å². The Morgan fingerprint density at radius 1 is 0.234 bits per heavy atom.